The van der Waals surface area contributed by atoms with E-state index in [4.69, 9.17) is 0 Å². The van der Waals surface area contributed by atoms with E-state index in [1.54, 1.807) is 24.5 Å². The molecule has 0 aliphatic rings. The van der Waals surface area contributed by atoms with E-state index in [9.17, 15) is 9.90 Å². The minimum Gasteiger partial charge on any atom is -0.508 e. The Bertz CT molecular complexity index is 585. The number of carbonyl (C=O) groups is 1. The Kier molecular flexibility index (Phi) is 5.77. The number of nitrogens with zero attached hydrogens (tertiary/aromatic N) is 1. The lowest BCUT2D eigenvalue weighted by atomic mass is 10.1. The SMILES string of the molecule is CC(CCc1ccc(O)cc1)NC(=O)NCc1ccncc1. The fraction of sp³-hybridized carbons (Fsp3) is 0.294. The molecule has 1 unspecified atom stereocenters. The third-order valence-corrected chi connectivity index (χ3v) is 3.38. The molecular weight excluding hydrogens is 278 g/mol. The highest BCUT2D eigenvalue weighted by Crippen LogP contribution is 2.11. The molecule has 116 valence electrons. The average molecular weight is 299 g/mol. The summed E-state index contributed by atoms with van der Waals surface area (Å²) in [5, 5.41) is 15.0. The third kappa shape index (κ3) is 5.44. The molecule has 0 saturated heterocycles. The van der Waals surface area contributed by atoms with Gasteiger partial charge in [-0.15, -0.1) is 0 Å². The van der Waals surface area contributed by atoms with Crippen LogP contribution in [0.3, 0.4) is 0 Å². The zero-order valence-electron chi connectivity index (χ0n) is 12.6. The molecule has 1 aromatic heterocycles. The van der Waals surface area contributed by atoms with Gasteiger partial charge in [-0.2, -0.15) is 0 Å². The Morgan fingerprint density at radius 2 is 1.82 bits per heavy atom. The standard InChI is InChI=1S/C17H21N3O2/c1-13(2-3-14-4-6-16(21)7-5-14)20-17(22)19-12-15-8-10-18-11-9-15/h4-11,13,21H,2-3,12H2,1H3,(H2,19,20,22). The number of nitrogens with one attached hydrogen (secondary N) is 2. The van der Waals surface area contributed by atoms with Crippen molar-refractivity contribution in [1.29, 1.82) is 0 Å². The first kappa shape index (κ1) is 15.8. The van der Waals surface area contributed by atoms with Crippen molar-refractivity contribution in [3.8, 4) is 5.75 Å². The number of carbonyl (C=O) groups excluding carboxylic acids is 1. The molecule has 0 aliphatic carbocycles. The summed E-state index contributed by atoms with van der Waals surface area (Å²) < 4.78 is 0. The Balaban J connectivity index is 1.68. The van der Waals surface area contributed by atoms with E-state index in [2.05, 4.69) is 15.6 Å². The highest BCUT2D eigenvalue weighted by Gasteiger charge is 2.07. The number of rotatable bonds is 6. The first-order valence-corrected chi connectivity index (χ1v) is 7.34. The number of urea groups is 1. The van der Waals surface area contributed by atoms with Crippen LogP contribution in [0.1, 0.15) is 24.5 Å². The van der Waals surface area contributed by atoms with E-state index >= 15 is 0 Å². The molecule has 1 atom stereocenters. The molecule has 1 aromatic carbocycles. The molecule has 2 rings (SSSR count). The topological polar surface area (TPSA) is 74.2 Å². The van der Waals surface area contributed by atoms with Crippen LogP contribution in [0, 0.1) is 0 Å². The number of aryl methyl sites for hydroxylation is 1. The number of hydrogen-bond acceptors (Lipinski definition) is 3. The minimum absolute atomic E-state index is 0.0752. The van der Waals surface area contributed by atoms with Gasteiger partial charge in [-0.1, -0.05) is 12.1 Å². The van der Waals surface area contributed by atoms with Gasteiger partial charge in [-0.3, -0.25) is 4.98 Å². The smallest absolute Gasteiger partial charge is 0.315 e. The molecule has 2 amide bonds. The number of benzene rings is 1. The van der Waals surface area contributed by atoms with E-state index < -0.39 is 0 Å². The molecule has 0 saturated carbocycles. The first-order valence-electron chi connectivity index (χ1n) is 7.34. The summed E-state index contributed by atoms with van der Waals surface area (Å²) in [6.45, 7) is 2.46. The first-order chi connectivity index (χ1) is 10.6. The molecule has 0 spiro atoms. The summed E-state index contributed by atoms with van der Waals surface area (Å²) in [6.07, 6.45) is 5.10. The van der Waals surface area contributed by atoms with Gasteiger partial charge < -0.3 is 15.7 Å². The lowest BCUT2D eigenvalue weighted by molar-refractivity contribution is 0.237. The Morgan fingerprint density at radius 3 is 2.50 bits per heavy atom. The van der Waals surface area contributed by atoms with E-state index in [1.165, 1.54) is 0 Å². The fourth-order valence-electron chi connectivity index (χ4n) is 2.08. The third-order valence-electron chi connectivity index (χ3n) is 3.38. The number of phenolic OH excluding ortho intramolecular Hbond substituents is 1. The van der Waals surface area contributed by atoms with Crippen molar-refractivity contribution in [3.05, 3.63) is 59.9 Å². The maximum atomic E-state index is 11.8. The number of pyridine rings is 1. The van der Waals surface area contributed by atoms with Crippen LogP contribution < -0.4 is 10.6 Å². The summed E-state index contributed by atoms with van der Waals surface area (Å²) in [5.74, 6) is 0.269. The average Bonchev–Trinajstić information content (AvgIpc) is 2.53. The predicted octanol–water partition coefficient (Wildman–Crippen LogP) is 2.61. The second kappa shape index (κ2) is 8.02. The molecule has 5 heteroatoms. The highest BCUT2D eigenvalue weighted by atomic mass is 16.3. The zero-order valence-corrected chi connectivity index (χ0v) is 12.6. The molecule has 5 nitrogen and oxygen atoms in total. The van der Waals surface area contributed by atoms with Crippen molar-refractivity contribution < 1.29 is 9.90 Å². The van der Waals surface area contributed by atoms with E-state index in [0.717, 1.165) is 24.0 Å². The number of aromatic hydroxyl groups is 1. The van der Waals surface area contributed by atoms with Gasteiger partial charge in [0, 0.05) is 25.0 Å². The molecule has 0 radical (unpaired) electrons. The summed E-state index contributed by atoms with van der Waals surface area (Å²) >= 11 is 0. The minimum atomic E-state index is -0.171. The normalized spacial score (nSPS) is 11.7. The Morgan fingerprint density at radius 1 is 1.14 bits per heavy atom. The predicted molar refractivity (Wildman–Crippen MR) is 85.5 cm³/mol. The maximum Gasteiger partial charge on any atom is 0.315 e. The van der Waals surface area contributed by atoms with E-state index in [-0.39, 0.29) is 17.8 Å². The van der Waals surface area contributed by atoms with Crippen molar-refractivity contribution in [2.45, 2.75) is 32.4 Å². The van der Waals surface area contributed by atoms with Crippen LogP contribution >= 0.6 is 0 Å². The number of hydrogen-bond donors (Lipinski definition) is 3. The van der Waals surface area contributed by atoms with Crippen molar-refractivity contribution in [2.75, 3.05) is 0 Å². The largest absolute Gasteiger partial charge is 0.508 e. The highest BCUT2D eigenvalue weighted by molar-refractivity contribution is 5.74. The van der Waals surface area contributed by atoms with E-state index in [0.29, 0.717) is 6.54 Å². The van der Waals surface area contributed by atoms with Crippen LogP contribution in [0.25, 0.3) is 0 Å². The van der Waals surface area contributed by atoms with Crippen LogP contribution in [-0.2, 0) is 13.0 Å². The molecular formula is C17H21N3O2. The molecule has 3 N–H and O–H groups in total. The number of phenols is 1. The molecule has 0 aliphatic heterocycles. The molecule has 0 fully saturated rings. The lowest BCUT2D eigenvalue weighted by Crippen LogP contribution is -2.40. The van der Waals surface area contributed by atoms with Gasteiger partial charge in [0.15, 0.2) is 0 Å². The molecule has 2 aromatic rings. The second-order valence-electron chi connectivity index (χ2n) is 5.29. The zero-order chi connectivity index (χ0) is 15.8. The maximum absolute atomic E-state index is 11.8. The van der Waals surface area contributed by atoms with Gasteiger partial charge in [0.1, 0.15) is 5.75 Å². The van der Waals surface area contributed by atoms with Gasteiger partial charge in [0.25, 0.3) is 0 Å². The molecule has 1 heterocycles. The number of aromatic nitrogens is 1. The van der Waals surface area contributed by atoms with E-state index in [1.807, 2.05) is 31.2 Å². The van der Waals surface area contributed by atoms with Crippen LogP contribution in [0.15, 0.2) is 48.8 Å². The summed E-state index contributed by atoms with van der Waals surface area (Å²) in [6, 6.07) is 10.8. The van der Waals surface area contributed by atoms with Gasteiger partial charge in [-0.05, 0) is 55.2 Å². The van der Waals surface area contributed by atoms with Crippen molar-refractivity contribution in [3.63, 3.8) is 0 Å². The lowest BCUT2D eigenvalue weighted by Gasteiger charge is -2.14. The van der Waals surface area contributed by atoms with Crippen molar-refractivity contribution >= 4 is 6.03 Å². The Hall–Kier alpha value is -2.56. The van der Waals surface area contributed by atoms with Gasteiger partial charge >= 0.3 is 6.03 Å². The molecule has 0 bridgehead atoms. The monoisotopic (exact) mass is 299 g/mol. The second-order valence-corrected chi connectivity index (χ2v) is 5.29. The Labute approximate surface area is 130 Å². The quantitative estimate of drug-likeness (QED) is 0.767. The summed E-state index contributed by atoms with van der Waals surface area (Å²) in [4.78, 5) is 15.7. The van der Waals surface area contributed by atoms with Crippen molar-refractivity contribution in [1.82, 2.24) is 15.6 Å². The summed E-state index contributed by atoms with van der Waals surface area (Å²) in [5.41, 5.74) is 2.16. The summed E-state index contributed by atoms with van der Waals surface area (Å²) in [7, 11) is 0. The van der Waals surface area contributed by atoms with Crippen molar-refractivity contribution in [2.24, 2.45) is 0 Å². The van der Waals surface area contributed by atoms with Gasteiger partial charge in [0.2, 0.25) is 0 Å². The van der Waals surface area contributed by atoms with Crippen LogP contribution in [0.5, 0.6) is 5.75 Å². The van der Waals surface area contributed by atoms with Crippen LogP contribution in [-0.4, -0.2) is 22.2 Å². The van der Waals surface area contributed by atoms with Gasteiger partial charge in [0.05, 0.1) is 0 Å². The molecule has 22 heavy (non-hydrogen) atoms. The van der Waals surface area contributed by atoms with Crippen LogP contribution in [0.4, 0.5) is 4.79 Å². The number of amides is 2. The fourth-order valence-corrected chi connectivity index (χ4v) is 2.08. The van der Waals surface area contributed by atoms with Crippen LogP contribution in [0.2, 0.25) is 0 Å². The van der Waals surface area contributed by atoms with Gasteiger partial charge in [-0.25, -0.2) is 4.79 Å².